The lowest BCUT2D eigenvalue weighted by molar-refractivity contribution is 0.0179. The van der Waals surface area contributed by atoms with Gasteiger partial charge in [0.05, 0.1) is 74.3 Å². The average Bonchev–Trinajstić information content (AvgIpc) is 3.17. The largest absolute Gasteiger partial charge is 0.497 e. The van der Waals surface area contributed by atoms with Crippen LogP contribution in [0.2, 0.25) is 0 Å². The number of amides is 2. The molecule has 1 unspecified atom stereocenters. The second-order valence-corrected chi connectivity index (χ2v) is 15.2. The van der Waals surface area contributed by atoms with Crippen molar-refractivity contribution < 1.29 is 42.2 Å². The number of fused-ring (bicyclic) bond motifs is 1. The van der Waals surface area contributed by atoms with E-state index in [-0.39, 0.29) is 5.41 Å². The van der Waals surface area contributed by atoms with Crippen LogP contribution in [0.1, 0.15) is 37.6 Å². The van der Waals surface area contributed by atoms with Crippen LogP contribution in [-0.2, 0) is 36.8 Å². The molecule has 4 aromatic carbocycles. The molecule has 1 atom stereocenters. The van der Waals surface area contributed by atoms with Crippen molar-refractivity contribution in [1.82, 2.24) is 4.98 Å². The molecule has 56 heavy (non-hydrogen) atoms. The van der Waals surface area contributed by atoms with Crippen molar-refractivity contribution >= 4 is 39.0 Å². The fourth-order valence-electron chi connectivity index (χ4n) is 5.87. The van der Waals surface area contributed by atoms with Crippen molar-refractivity contribution in [2.75, 3.05) is 77.9 Å². The van der Waals surface area contributed by atoms with E-state index in [2.05, 4.69) is 36.4 Å². The summed E-state index contributed by atoms with van der Waals surface area (Å²) in [6, 6.07) is 24.0. The molecule has 2 N–H and O–H groups in total. The van der Waals surface area contributed by atoms with Gasteiger partial charge in [0.25, 0.3) is 0 Å². The molecule has 13 heteroatoms. The van der Waals surface area contributed by atoms with Crippen LogP contribution in [0.4, 0.5) is 16.2 Å². The van der Waals surface area contributed by atoms with E-state index in [0.29, 0.717) is 91.1 Å². The number of hydrogen-bond donors (Lipinski definition) is 2. The van der Waals surface area contributed by atoms with Gasteiger partial charge in [0, 0.05) is 54.6 Å². The van der Waals surface area contributed by atoms with Crippen molar-refractivity contribution in [3.8, 4) is 28.7 Å². The van der Waals surface area contributed by atoms with Gasteiger partial charge >= 0.3 is 6.03 Å². The molecule has 0 aliphatic rings. The Balaban J connectivity index is 1.27. The number of hydrogen-bond acceptors (Lipinski definition) is 10. The van der Waals surface area contributed by atoms with Gasteiger partial charge in [0.15, 0.2) is 5.75 Å². The van der Waals surface area contributed by atoms with E-state index >= 15 is 0 Å². The SMILES string of the molecule is COCCOCCOCCOc1cc(Cc2cc(Oc3ccc(NC(=O)Nc4cc(C(C)(C)C)cc(S(C)=O)c4OC)c4ccccc34)ccn2)cc(OC)c1. The van der Waals surface area contributed by atoms with E-state index in [1.807, 2.05) is 66.7 Å². The molecule has 12 nitrogen and oxygen atoms in total. The van der Waals surface area contributed by atoms with Crippen molar-refractivity contribution in [3.05, 3.63) is 102 Å². The standard InChI is InChI=1S/C43H51N3O9S/c1-43(2,3)30-25-38(41(51-6)40(26-30)56(7)48)46-42(47)45-37-12-13-39(36-11-9-8-10-35(36)37)55-32-14-15-44-31(27-32)22-29-23-33(50-5)28-34(24-29)54-21-20-53-19-18-52-17-16-49-4/h8-15,23-28H,16-22H2,1-7H3,(H2,45,46,47). The Kier molecular flexibility index (Phi) is 15.1. The molecule has 2 amide bonds. The Hall–Kier alpha value is -5.21. The lowest BCUT2D eigenvalue weighted by Gasteiger charge is -2.23. The third kappa shape index (κ3) is 11.7. The summed E-state index contributed by atoms with van der Waals surface area (Å²) in [4.78, 5) is 18.6. The van der Waals surface area contributed by atoms with E-state index in [4.69, 9.17) is 33.2 Å². The first-order chi connectivity index (χ1) is 27.0. The lowest BCUT2D eigenvalue weighted by atomic mass is 9.86. The minimum atomic E-state index is -1.34. The van der Waals surface area contributed by atoms with E-state index in [0.717, 1.165) is 27.6 Å². The maximum absolute atomic E-state index is 13.5. The number of benzene rings is 4. The summed E-state index contributed by atoms with van der Waals surface area (Å²) in [5, 5.41) is 7.49. The number of anilines is 2. The van der Waals surface area contributed by atoms with Gasteiger partial charge in [-0.05, 0) is 59.0 Å². The molecule has 0 saturated carbocycles. The number of pyridine rings is 1. The molecule has 0 aliphatic heterocycles. The highest BCUT2D eigenvalue weighted by atomic mass is 32.2. The van der Waals surface area contributed by atoms with Crippen molar-refractivity contribution in [3.63, 3.8) is 0 Å². The summed E-state index contributed by atoms with van der Waals surface area (Å²) in [5.41, 5.74) is 3.43. The maximum Gasteiger partial charge on any atom is 0.323 e. The zero-order valence-electron chi connectivity index (χ0n) is 33.1. The molecule has 5 rings (SSSR count). The van der Waals surface area contributed by atoms with E-state index in [9.17, 15) is 9.00 Å². The van der Waals surface area contributed by atoms with Crippen LogP contribution in [-0.4, -0.2) is 82.5 Å². The van der Waals surface area contributed by atoms with Gasteiger partial charge in [-0.1, -0.05) is 45.0 Å². The van der Waals surface area contributed by atoms with Gasteiger partial charge in [-0.3, -0.25) is 9.19 Å². The number of ether oxygens (including phenoxy) is 7. The van der Waals surface area contributed by atoms with Gasteiger partial charge in [-0.2, -0.15) is 0 Å². The summed E-state index contributed by atoms with van der Waals surface area (Å²) >= 11 is 0. The lowest BCUT2D eigenvalue weighted by Crippen LogP contribution is -2.21. The molecular formula is C43H51N3O9S. The van der Waals surface area contributed by atoms with Gasteiger partial charge in [0.1, 0.15) is 29.6 Å². The second kappa shape index (κ2) is 20.1. The summed E-state index contributed by atoms with van der Waals surface area (Å²) < 4.78 is 52.2. The molecule has 0 aliphatic carbocycles. The van der Waals surface area contributed by atoms with Crippen LogP contribution >= 0.6 is 0 Å². The number of carbonyl (C=O) groups excluding carboxylic acids is 1. The smallest absolute Gasteiger partial charge is 0.323 e. The quantitative estimate of drug-likeness (QED) is 0.0787. The third-order valence-corrected chi connectivity index (χ3v) is 9.61. The minimum Gasteiger partial charge on any atom is -0.497 e. The molecule has 1 aromatic heterocycles. The highest BCUT2D eigenvalue weighted by Gasteiger charge is 2.22. The van der Waals surface area contributed by atoms with Crippen LogP contribution in [0.15, 0.2) is 90.0 Å². The highest BCUT2D eigenvalue weighted by Crippen LogP contribution is 2.38. The Labute approximate surface area is 331 Å². The second-order valence-electron chi connectivity index (χ2n) is 13.8. The molecule has 0 spiro atoms. The van der Waals surface area contributed by atoms with Crippen LogP contribution in [0.3, 0.4) is 0 Å². The van der Waals surface area contributed by atoms with Crippen molar-refractivity contribution in [2.24, 2.45) is 0 Å². The summed E-state index contributed by atoms with van der Waals surface area (Å²) in [7, 11) is 3.42. The topological polar surface area (TPSA) is 136 Å². The molecule has 0 saturated heterocycles. The van der Waals surface area contributed by atoms with Crippen LogP contribution in [0.25, 0.3) is 10.8 Å². The summed E-state index contributed by atoms with van der Waals surface area (Å²) in [6.45, 7) is 9.03. The predicted molar refractivity (Wildman–Crippen MR) is 220 cm³/mol. The summed E-state index contributed by atoms with van der Waals surface area (Å²) in [5.74, 6) is 2.92. The van der Waals surface area contributed by atoms with Crippen molar-refractivity contribution in [2.45, 2.75) is 37.5 Å². The van der Waals surface area contributed by atoms with Crippen molar-refractivity contribution in [1.29, 1.82) is 0 Å². The molecule has 0 radical (unpaired) electrons. The van der Waals surface area contributed by atoms with Gasteiger partial charge in [-0.25, -0.2) is 4.79 Å². The Bertz CT molecular complexity index is 2120. The normalized spacial score (nSPS) is 11.9. The average molecular weight is 786 g/mol. The number of urea groups is 1. The van der Waals surface area contributed by atoms with E-state index in [1.165, 1.54) is 7.11 Å². The molecule has 298 valence electrons. The highest BCUT2D eigenvalue weighted by molar-refractivity contribution is 7.84. The zero-order chi connectivity index (χ0) is 40.1. The number of nitrogens with zero attached hydrogens (tertiary/aromatic N) is 1. The van der Waals surface area contributed by atoms with Gasteiger partial charge < -0.3 is 43.8 Å². The number of nitrogens with one attached hydrogen (secondary N) is 2. The number of rotatable bonds is 19. The third-order valence-electron chi connectivity index (χ3n) is 8.69. The number of methoxy groups -OCH3 is 3. The Morgan fingerprint density at radius 1 is 0.732 bits per heavy atom. The van der Waals surface area contributed by atoms with Crippen LogP contribution < -0.4 is 29.6 Å². The van der Waals surface area contributed by atoms with Crippen LogP contribution in [0, 0.1) is 0 Å². The first-order valence-corrected chi connectivity index (χ1v) is 19.8. The maximum atomic E-state index is 13.5. The van der Waals surface area contributed by atoms with Crippen LogP contribution in [0.5, 0.6) is 28.7 Å². The molecular weight excluding hydrogens is 735 g/mol. The number of carbonyl (C=O) groups is 1. The zero-order valence-corrected chi connectivity index (χ0v) is 33.9. The predicted octanol–water partition coefficient (Wildman–Crippen LogP) is 8.37. The first-order valence-electron chi connectivity index (χ1n) is 18.2. The fourth-order valence-corrected chi connectivity index (χ4v) is 6.61. The van der Waals surface area contributed by atoms with Gasteiger partial charge in [-0.15, -0.1) is 0 Å². The summed E-state index contributed by atoms with van der Waals surface area (Å²) in [6.07, 6.45) is 3.81. The fraction of sp³-hybridized carbons (Fsp3) is 0.349. The number of aromatic nitrogens is 1. The first kappa shape index (κ1) is 41.9. The Morgan fingerprint density at radius 3 is 2.12 bits per heavy atom. The Morgan fingerprint density at radius 2 is 1.43 bits per heavy atom. The molecule has 1 heterocycles. The molecule has 0 fully saturated rings. The minimum absolute atomic E-state index is 0.251. The van der Waals surface area contributed by atoms with E-state index < -0.39 is 16.8 Å². The van der Waals surface area contributed by atoms with Gasteiger partial charge in [0.2, 0.25) is 0 Å². The van der Waals surface area contributed by atoms with E-state index in [1.54, 1.807) is 38.8 Å². The molecule has 0 bridgehead atoms. The monoisotopic (exact) mass is 785 g/mol. The molecule has 5 aromatic rings.